The normalized spacial score (nSPS) is 20.4. The maximum Gasteiger partial charge on any atom is 0.417 e. The predicted molar refractivity (Wildman–Crippen MR) is 136 cm³/mol. The second kappa shape index (κ2) is 10.1. The number of benzene rings is 1. The van der Waals surface area contributed by atoms with Crippen LogP contribution in [0.1, 0.15) is 6.42 Å². The lowest BCUT2D eigenvalue weighted by Crippen LogP contribution is -2.35. The van der Waals surface area contributed by atoms with Gasteiger partial charge >= 0.3 is 12.2 Å². The van der Waals surface area contributed by atoms with E-state index in [2.05, 4.69) is 20.2 Å². The van der Waals surface area contributed by atoms with Crippen LogP contribution in [0.5, 0.6) is 17.4 Å². The summed E-state index contributed by atoms with van der Waals surface area (Å²) in [5.41, 5.74) is 3.14. The van der Waals surface area contributed by atoms with E-state index in [0.717, 1.165) is 36.2 Å². The van der Waals surface area contributed by atoms with Crippen LogP contribution in [0.2, 0.25) is 0 Å². The molecule has 3 aliphatic rings. The second-order valence-electron chi connectivity index (χ2n) is 9.19. The van der Waals surface area contributed by atoms with Crippen LogP contribution in [-0.2, 0) is 9.47 Å². The number of anilines is 2. The average Bonchev–Trinajstić information content (AvgIpc) is 3.57. The van der Waals surface area contributed by atoms with Gasteiger partial charge in [-0.1, -0.05) is 0 Å². The Kier molecular flexibility index (Phi) is 6.36. The van der Waals surface area contributed by atoms with Gasteiger partial charge in [-0.15, -0.1) is 0 Å². The average molecular weight is 522 g/mol. The molecule has 2 aromatic heterocycles. The lowest BCUT2D eigenvalue weighted by molar-refractivity contribution is -0.0294. The first kappa shape index (κ1) is 23.9. The van der Waals surface area contributed by atoms with E-state index in [4.69, 9.17) is 23.7 Å². The number of carbonyl (C=O) groups is 2. The molecule has 2 fully saturated rings. The number of nitrogens with one attached hydrogen (secondary N) is 1. The molecule has 0 spiro atoms. The van der Waals surface area contributed by atoms with Gasteiger partial charge in [0.05, 0.1) is 24.0 Å². The van der Waals surface area contributed by atoms with Crippen LogP contribution in [0.3, 0.4) is 0 Å². The van der Waals surface area contributed by atoms with E-state index in [0.29, 0.717) is 42.8 Å². The van der Waals surface area contributed by atoms with Crippen LogP contribution in [0.4, 0.5) is 21.0 Å². The summed E-state index contributed by atoms with van der Waals surface area (Å²) in [7, 11) is 1.59. The van der Waals surface area contributed by atoms with Gasteiger partial charge in [-0.3, -0.25) is 9.88 Å². The number of hydrogen-bond acceptors (Lipinski definition) is 10. The molecule has 1 aromatic carbocycles. The number of carbonyl (C=O) groups excluding carboxylic acids is 2. The topological polar surface area (TPSA) is 125 Å². The molecular weight excluding hydrogens is 494 g/mol. The zero-order valence-corrected chi connectivity index (χ0v) is 20.8. The van der Waals surface area contributed by atoms with E-state index in [1.165, 1.54) is 4.90 Å². The largest absolute Gasteiger partial charge is 0.486 e. The number of amides is 2. The van der Waals surface area contributed by atoms with Crippen molar-refractivity contribution in [2.24, 2.45) is 5.92 Å². The molecule has 1 N–H and O–H groups in total. The minimum atomic E-state index is -1.01. The fourth-order valence-electron chi connectivity index (χ4n) is 4.88. The number of alkyl carbamates (subject to hydrolysis) is 1. The Hall–Kier alpha value is -4.48. The number of rotatable bonds is 6. The molecule has 12 nitrogen and oxygen atoms in total. The molecule has 0 aliphatic carbocycles. The first-order valence-corrected chi connectivity index (χ1v) is 12.4. The van der Waals surface area contributed by atoms with Crippen molar-refractivity contribution in [2.45, 2.75) is 12.7 Å². The molecule has 3 aromatic rings. The summed E-state index contributed by atoms with van der Waals surface area (Å²) < 4.78 is 27.0. The molecule has 198 valence electrons. The third-order valence-electron chi connectivity index (χ3n) is 6.77. The molecule has 0 radical (unpaired) electrons. The molecule has 2 atom stereocenters. The maximum absolute atomic E-state index is 12.5. The van der Waals surface area contributed by atoms with Gasteiger partial charge in [0.25, 0.3) is 6.29 Å². The highest BCUT2D eigenvalue weighted by atomic mass is 16.7. The van der Waals surface area contributed by atoms with Crippen molar-refractivity contribution in [2.75, 3.05) is 56.3 Å². The number of fused-ring (bicyclic) bond motifs is 2. The molecule has 0 bridgehead atoms. The van der Waals surface area contributed by atoms with Gasteiger partial charge < -0.3 is 33.9 Å². The van der Waals surface area contributed by atoms with E-state index in [1.54, 1.807) is 37.6 Å². The summed E-state index contributed by atoms with van der Waals surface area (Å²) in [6.07, 6.45) is 0.419. The Morgan fingerprint density at radius 1 is 1.13 bits per heavy atom. The Labute approximate surface area is 218 Å². The summed E-state index contributed by atoms with van der Waals surface area (Å²) in [6.45, 7) is 3.00. The molecule has 2 saturated heterocycles. The van der Waals surface area contributed by atoms with Crippen LogP contribution in [0.15, 0.2) is 42.6 Å². The fraction of sp³-hybridized carbons (Fsp3) is 0.385. The van der Waals surface area contributed by atoms with Crippen LogP contribution in [-0.4, -0.2) is 74.9 Å². The predicted octanol–water partition coefficient (Wildman–Crippen LogP) is 2.95. The smallest absolute Gasteiger partial charge is 0.417 e. The standard InChI is InChI=1S/C26H27N5O7/c1-34-22-5-3-18-24(29-22)19(6-8-27-18)30-9-7-16(14-30)13-28-25(32)37-23-15-31(26(33)38-23)17-2-4-20-21(12-17)36-11-10-35-20/h2-6,8,12,16,23H,7,9-11,13-15H2,1H3,(H,28,32)/t16?,23-/m0/s1. The van der Waals surface area contributed by atoms with Crippen molar-refractivity contribution >= 4 is 34.6 Å². The molecule has 0 saturated carbocycles. The zero-order chi connectivity index (χ0) is 26.1. The summed E-state index contributed by atoms with van der Waals surface area (Å²) in [5.74, 6) is 1.94. The number of hydrogen-bond donors (Lipinski definition) is 1. The molecular formula is C26H27N5O7. The Morgan fingerprint density at radius 3 is 2.87 bits per heavy atom. The van der Waals surface area contributed by atoms with Crippen molar-refractivity contribution in [1.82, 2.24) is 15.3 Å². The highest BCUT2D eigenvalue weighted by Crippen LogP contribution is 2.35. The summed E-state index contributed by atoms with van der Waals surface area (Å²) in [4.78, 5) is 37.5. The molecule has 1 unspecified atom stereocenters. The summed E-state index contributed by atoms with van der Waals surface area (Å²) in [6, 6.07) is 10.8. The van der Waals surface area contributed by atoms with Gasteiger partial charge in [-0.05, 0) is 36.6 Å². The van der Waals surface area contributed by atoms with E-state index in [9.17, 15) is 9.59 Å². The lowest BCUT2D eigenvalue weighted by atomic mass is 10.1. The number of aromatic nitrogens is 2. The highest BCUT2D eigenvalue weighted by Gasteiger charge is 2.36. The van der Waals surface area contributed by atoms with Gasteiger partial charge in [-0.2, -0.15) is 0 Å². The molecule has 38 heavy (non-hydrogen) atoms. The number of nitrogens with zero attached hydrogens (tertiary/aromatic N) is 4. The van der Waals surface area contributed by atoms with Crippen molar-refractivity contribution in [3.05, 3.63) is 42.6 Å². The van der Waals surface area contributed by atoms with E-state index < -0.39 is 18.5 Å². The van der Waals surface area contributed by atoms with E-state index in [1.807, 2.05) is 12.1 Å². The zero-order valence-electron chi connectivity index (χ0n) is 20.8. The van der Waals surface area contributed by atoms with Crippen molar-refractivity contribution in [3.8, 4) is 17.4 Å². The Morgan fingerprint density at radius 2 is 2.00 bits per heavy atom. The van der Waals surface area contributed by atoms with E-state index in [-0.39, 0.29) is 12.5 Å². The fourth-order valence-corrected chi connectivity index (χ4v) is 4.88. The van der Waals surface area contributed by atoms with Crippen molar-refractivity contribution < 1.29 is 33.3 Å². The van der Waals surface area contributed by atoms with Crippen molar-refractivity contribution in [1.29, 1.82) is 0 Å². The molecule has 6 rings (SSSR count). The third kappa shape index (κ3) is 4.76. The molecule has 2 amide bonds. The molecule has 12 heteroatoms. The van der Waals surface area contributed by atoms with Gasteiger partial charge in [0.1, 0.15) is 25.3 Å². The van der Waals surface area contributed by atoms with Crippen LogP contribution in [0, 0.1) is 5.92 Å². The number of ether oxygens (including phenoxy) is 5. The van der Waals surface area contributed by atoms with Crippen molar-refractivity contribution in [3.63, 3.8) is 0 Å². The van der Waals surface area contributed by atoms with Crippen LogP contribution in [0.25, 0.3) is 11.0 Å². The van der Waals surface area contributed by atoms with Crippen LogP contribution >= 0.6 is 0 Å². The first-order valence-electron chi connectivity index (χ1n) is 12.4. The minimum Gasteiger partial charge on any atom is -0.486 e. The highest BCUT2D eigenvalue weighted by molar-refractivity contribution is 5.90. The Bertz CT molecular complexity index is 1370. The number of pyridine rings is 2. The molecule has 3 aliphatic heterocycles. The SMILES string of the molecule is COc1ccc2nccc(N3CCC(CNC(=O)O[C@@H]4CN(c5ccc6c(c5)OCCO6)C(=O)O4)C3)c2n1. The Balaban J connectivity index is 1.01. The number of cyclic esters (lactones) is 1. The third-order valence-corrected chi connectivity index (χ3v) is 6.77. The van der Waals surface area contributed by atoms with Gasteiger partial charge in [0.15, 0.2) is 11.5 Å². The van der Waals surface area contributed by atoms with Gasteiger partial charge in [-0.25, -0.2) is 14.6 Å². The van der Waals surface area contributed by atoms with E-state index >= 15 is 0 Å². The minimum absolute atomic E-state index is 0.0781. The van der Waals surface area contributed by atoms with Crippen LogP contribution < -0.4 is 29.3 Å². The quantitative estimate of drug-likeness (QED) is 0.518. The summed E-state index contributed by atoms with van der Waals surface area (Å²) in [5, 5.41) is 2.81. The first-order chi connectivity index (χ1) is 18.6. The lowest BCUT2D eigenvalue weighted by Gasteiger charge is -2.21. The second-order valence-corrected chi connectivity index (χ2v) is 9.19. The maximum atomic E-state index is 12.5. The summed E-state index contributed by atoms with van der Waals surface area (Å²) >= 11 is 0. The van der Waals surface area contributed by atoms with Gasteiger partial charge in [0, 0.05) is 38.0 Å². The monoisotopic (exact) mass is 521 g/mol. The number of methoxy groups -OCH3 is 1. The van der Waals surface area contributed by atoms with Gasteiger partial charge in [0.2, 0.25) is 5.88 Å². The molecule has 5 heterocycles.